The summed E-state index contributed by atoms with van der Waals surface area (Å²) < 4.78 is 11.6. The van der Waals surface area contributed by atoms with Crippen molar-refractivity contribution in [2.24, 2.45) is 5.41 Å². The van der Waals surface area contributed by atoms with Crippen molar-refractivity contribution in [3.63, 3.8) is 0 Å². The van der Waals surface area contributed by atoms with Crippen LogP contribution in [0, 0.1) is 5.41 Å². The molecular weight excluding hydrogens is 262 g/mol. The number of rotatable bonds is 9. The number of nitrogens with one attached hydrogen (secondary N) is 1. The van der Waals surface area contributed by atoms with Gasteiger partial charge in [0.15, 0.2) is 0 Å². The van der Waals surface area contributed by atoms with Crippen molar-refractivity contribution in [2.75, 3.05) is 26.4 Å². The number of hydrogen-bond donors (Lipinski definition) is 1. The fourth-order valence-corrected chi connectivity index (χ4v) is 2.14. The molecule has 120 valence electrons. The Morgan fingerprint density at radius 3 is 2.48 bits per heavy atom. The maximum Gasteiger partial charge on any atom is 0.124 e. The highest BCUT2D eigenvalue weighted by molar-refractivity contribution is 5.36. The Labute approximate surface area is 130 Å². The lowest BCUT2D eigenvalue weighted by molar-refractivity contribution is 0.0893. The van der Waals surface area contributed by atoms with E-state index in [0.717, 1.165) is 25.3 Å². The van der Waals surface area contributed by atoms with Gasteiger partial charge in [-0.05, 0) is 31.4 Å². The Kier molecular flexibility index (Phi) is 7.76. The number of para-hydroxylation sites is 1. The molecule has 1 N–H and O–H groups in total. The Balaban J connectivity index is 2.64. The molecule has 3 nitrogen and oxygen atoms in total. The minimum atomic E-state index is 0.178. The van der Waals surface area contributed by atoms with Crippen LogP contribution in [0.2, 0.25) is 0 Å². The standard InChI is InChI=1S/C18H31NO2/c1-6-19-16(14-20-13-12-18(3,4)5)15-10-8-9-11-17(15)21-7-2/h8-11,16,19H,6-7,12-14H2,1-5H3. The van der Waals surface area contributed by atoms with E-state index in [1.54, 1.807) is 0 Å². The van der Waals surface area contributed by atoms with Crippen molar-refractivity contribution in [1.29, 1.82) is 0 Å². The predicted molar refractivity (Wildman–Crippen MR) is 88.9 cm³/mol. The average molecular weight is 293 g/mol. The summed E-state index contributed by atoms with van der Waals surface area (Å²) in [6.07, 6.45) is 1.07. The third-order valence-electron chi connectivity index (χ3n) is 3.33. The summed E-state index contributed by atoms with van der Waals surface area (Å²) in [5.74, 6) is 0.949. The van der Waals surface area contributed by atoms with Crippen molar-refractivity contribution in [3.8, 4) is 5.75 Å². The molecule has 21 heavy (non-hydrogen) atoms. The van der Waals surface area contributed by atoms with E-state index in [4.69, 9.17) is 9.47 Å². The van der Waals surface area contributed by atoms with Crippen molar-refractivity contribution in [3.05, 3.63) is 29.8 Å². The highest BCUT2D eigenvalue weighted by Crippen LogP contribution is 2.26. The van der Waals surface area contributed by atoms with Crippen LogP contribution in [0.3, 0.4) is 0 Å². The number of hydrogen-bond acceptors (Lipinski definition) is 3. The molecule has 0 aliphatic rings. The first-order chi connectivity index (χ1) is 9.98. The van der Waals surface area contributed by atoms with Gasteiger partial charge in [0.25, 0.3) is 0 Å². The van der Waals surface area contributed by atoms with E-state index in [-0.39, 0.29) is 6.04 Å². The Morgan fingerprint density at radius 2 is 1.86 bits per heavy atom. The third-order valence-corrected chi connectivity index (χ3v) is 3.33. The van der Waals surface area contributed by atoms with Gasteiger partial charge in [0.1, 0.15) is 5.75 Å². The van der Waals surface area contributed by atoms with Crippen LogP contribution in [0.1, 0.15) is 52.6 Å². The fraction of sp³-hybridized carbons (Fsp3) is 0.667. The molecule has 3 heteroatoms. The maximum atomic E-state index is 5.89. The van der Waals surface area contributed by atoms with Crippen LogP contribution in [0.15, 0.2) is 24.3 Å². The van der Waals surface area contributed by atoms with E-state index in [1.165, 1.54) is 5.56 Å². The van der Waals surface area contributed by atoms with Gasteiger partial charge in [0.2, 0.25) is 0 Å². The van der Waals surface area contributed by atoms with Gasteiger partial charge >= 0.3 is 0 Å². The van der Waals surface area contributed by atoms with E-state index in [2.05, 4.69) is 45.1 Å². The largest absolute Gasteiger partial charge is 0.494 e. The quantitative estimate of drug-likeness (QED) is 0.693. The van der Waals surface area contributed by atoms with Gasteiger partial charge in [-0.25, -0.2) is 0 Å². The molecule has 0 aliphatic heterocycles. The SMILES string of the molecule is CCNC(COCCC(C)(C)C)c1ccccc1OCC. The van der Waals surface area contributed by atoms with Crippen molar-refractivity contribution in [1.82, 2.24) is 5.32 Å². The minimum absolute atomic E-state index is 0.178. The molecule has 0 fully saturated rings. The first-order valence-corrected chi connectivity index (χ1v) is 8.00. The molecule has 0 amide bonds. The molecule has 0 saturated heterocycles. The molecule has 1 aromatic rings. The molecule has 0 spiro atoms. The van der Waals surface area contributed by atoms with Gasteiger partial charge in [0, 0.05) is 12.2 Å². The van der Waals surface area contributed by atoms with Gasteiger partial charge in [-0.2, -0.15) is 0 Å². The summed E-state index contributed by atoms with van der Waals surface area (Å²) in [6.45, 7) is 13.9. The van der Waals surface area contributed by atoms with Gasteiger partial charge < -0.3 is 14.8 Å². The summed E-state index contributed by atoms with van der Waals surface area (Å²) in [6, 6.07) is 8.39. The lowest BCUT2D eigenvalue weighted by Gasteiger charge is -2.23. The van der Waals surface area contributed by atoms with Gasteiger partial charge in [0.05, 0.1) is 19.3 Å². The maximum absolute atomic E-state index is 5.89. The van der Waals surface area contributed by atoms with Gasteiger partial charge in [-0.1, -0.05) is 45.9 Å². The summed E-state index contributed by atoms with van der Waals surface area (Å²) in [7, 11) is 0. The van der Waals surface area contributed by atoms with Crippen LogP contribution in [-0.4, -0.2) is 26.4 Å². The minimum Gasteiger partial charge on any atom is -0.494 e. The van der Waals surface area contributed by atoms with E-state index >= 15 is 0 Å². The smallest absolute Gasteiger partial charge is 0.124 e. The summed E-state index contributed by atoms with van der Waals surface area (Å²) in [4.78, 5) is 0. The van der Waals surface area contributed by atoms with E-state index in [9.17, 15) is 0 Å². The van der Waals surface area contributed by atoms with Crippen LogP contribution in [0.25, 0.3) is 0 Å². The van der Waals surface area contributed by atoms with Crippen LogP contribution in [0.4, 0.5) is 0 Å². The molecule has 1 rings (SSSR count). The van der Waals surface area contributed by atoms with E-state index < -0.39 is 0 Å². The number of ether oxygens (including phenoxy) is 2. The molecule has 1 unspecified atom stereocenters. The summed E-state index contributed by atoms with van der Waals surface area (Å²) in [5.41, 5.74) is 1.49. The van der Waals surface area contributed by atoms with E-state index in [0.29, 0.717) is 18.6 Å². The molecule has 0 radical (unpaired) electrons. The molecular formula is C18H31NO2. The normalized spacial score (nSPS) is 13.2. The monoisotopic (exact) mass is 293 g/mol. The van der Waals surface area contributed by atoms with Crippen LogP contribution < -0.4 is 10.1 Å². The van der Waals surface area contributed by atoms with Crippen LogP contribution in [-0.2, 0) is 4.74 Å². The zero-order valence-corrected chi connectivity index (χ0v) is 14.2. The number of likely N-dealkylation sites (N-methyl/N-ethyl adjacent to an activating group) is 1. The molecule has 0 aliphatic carbocycles. The first-order valence-electron chi connectivity index (χ1n) is 8.00. The van der Waals surface area contributed by atoms with Gasteiger partial charge in [-0.15, -0.1) is 0 Å². The zero-order chi connectivity index (χ0) is 15.7. The lowest BCUT2D eigenvalue weighted by atomic mass is 9.93. The fourth-order valence-electron chi connectivity index (χ4n) is 2.14. The zero-order valence-electron chi connectivity index (χ0n) is 14.2. The van der Waals surface area contributed by atoms with Crippen molar-refractivity contribution >= 4 is 0 Å². The highest BCUT2D eigenvalue weighted by atomic mass is 16.5. The Bertz CT molecular complexity index is 398. The van der Waals surface area contributed by atoms with Crippen molar-refractivity contribution in [2.45, 2.75) is 47.1 Å². The second kappa shape index (κ2) is 9.06. The number of benzene rings is 1. The Hall–Kier alpha value is -1.06. The van der Waals surface area contributed by atoms with Gasteiger partial charge in [-0.3, -0.25) is 0 Å². The molecule has 0 bridgehead atoms. The molecule has 0 aromatic heterocycles. The first kappa shape index (κ1) is 18.0. The highest BCUT2D eigenvalue weighted by Gasteiger charge is 2.16. The lowest BCUT2D eigenvalue weighted by Crippen LogP contribution is -2.26. The van der Waals surface area contributed by atoms with Crippen LogP contribution in [0.5, 0.6) is 5.75 Å². The van der Waals surface area contributed by atoms with E-state index in [1.807, 2.05) is 19.1 Å². The topological polar surface area (TPSA) is 30.5 Å². The summed E-state index contributed by atoms with van der Waals surface area (Å²) >= 11 is 0. The van der Waals surface area contributed by atoms with Crippen LogP contribution >= 0.6 is 0 Å². The second-order valence-electron chi connectivity index (χ2n) is 6.47. The predicted octanol–water partition coefficient (Wildman–Crippen LogP) is 4.19. The molecule has 0 saturated carbocycles. The molecule has 1 atom stereocenters. The molecule has 1 aromatic carbocycles. The second-order valence-corrected chi connectivity index (χ2v) is 6.47. The Morgan fingerprint density at radius 1 is 1.14 bits per heavy atom. The van der Waals surface area contributed by atoms with Crippen molar-refractivity contribution < 1.29 is 9.47 Å². The average Bonchev–Trinajstić information content (AvgIpc) is 2.42. The summed E-state index contributed by atoms with van der Waals surface area (Å²) in [5, 5.41) is 3.49. The molecule has 0 heterocycles. The third kappa shape index (κ3) is 6.96.